The molecule has 0 saturated heterocycles. The number of nitrogens with one attached hydrogen (secondary N) is 1. The molecule has 142 valence electrons. The highest BCUT2D eigenvalue weighted by molar-refractivity contribution is 7.14. The molecule has 1 aromatic heterocycles. The molecular formula is C20H21NO5S. The first kappa shape index (κ1) is 17.9. The van der Waals surface area contributed by atoms with E-state index in [1.807, 2.05) is 30.3 Å². The van der Waals surface area contributed by atoms with Crippen molar-refractivity contribution in [1.29, 1.82) is 0 Å². The van der Waals surface area contributed by atoms with Crippen molar-refractivity contribution >= 4 is 23.2 Å². The molecule has 4 rings (SSSR count). The Labute approximate surface area is 161 Å². The topological polar surface area (TPSA) is 73.9 Å². The van der Waals surface area contributed by atoms with Crippen LogP contribution in [0.5, 0.6) is 11.5 Å². The number of esters is 1. The quantitative estimate of drug-likeness (QED) is 0.799. The number of carbonyl (C=O) groups excluding carboxylic acids is 2. The number of rotatable bonds is 5. The van der Waals surface area contributed by atoms with Crippen molar-refractivity contribution in [3.05, 3.63) is 45.6 Å². The summed E-state index contributed by atoms with van der Waals surface area (Å²) in [4.78, 5) is 26.0. The SMILES string of the molecule is O=C(COC(=O)c1cc2c(s1)CCCC2)NC[C@H]1COc2ccccc2O1. The Hall–Kier alpha value is -2.54. The van der Waals surface area contributed by atoms with Gasteiger partial charge >= 0.3 is 5.97 Å². The van der Waals surface area contributed by atoms with Crippen LogP contribution in [0.2, 0.25) is 0 Å². The number of aryl methyl sites for hydroxylation is 2. The fourth-order valence-electron chi connectivity index (χ4n) is 3.24. The lowest BCUT2D eigenvalue weighted by Crippen LogP contribution is -2.42. The highest BCUT2D eigenvalue weighted by Gasteiger charge is 2.22. The first-order valence-electron chi connectivity index (χ1n) is 9.13. The molecule has 1 amide bonds. The average molecular weight is 387 g/mol. The molecular weight excluding hydrogens is 366 g/mol. The maximum Gasteiger partial charge on any atom is 0.348 e. The molecule has 1 aliphatic carbocycles. The van der Waals surface area contributed by atoms with Crippen LogP contribution in [-0.4, -0.2) is 37.7 Å². The van der Waals surface area contributed by atoms with E-state index >= 15 is 0 Å². The van der Waals surface area contributed by atoms with Gasteiger partial charge in [-0.2, -0.15) is 0 Å². The van der Waals surface area contributed by atoms with Crippen LogP contribution >= 0.6 is 11.3 Å². The first-order valence-corrected chi connectivity index (χ1v) is 9.94. The third-order valence-corrected chi connectivity index (χ3v) is 5.84. The molecule has 0 unspecified atom stereocenters. The van der Waals surface area contributed by atoms with E-state index in [0.29, 0.717) is 23.0 Å². The van der Waals surface area contributed by atoms with Crippen LogP contribution in [0, 0.1) is 0 Å². The van der Waals surface area contributed by atoms with E-state index in [-0.39, 0.29) is 25.2 Å². The third-order valence-electron chi connectivity index (χ3n) is 4.63. The van der Waals surface area contributed by atoms with Crippen molar-refractivity contribution < 1.29 is 23.8 Å². The van der Waals surface area contributed by atoms with Gasteiger partial charge in [-0.25, -0.2) is 4.79 Å². The zero-order valence-electron chi connectivity index (χ0n) is 14.9. The van der Waals surface area contributed by atoms with Gasteiger partial charge in [0.15, 0.2) is 18.1 Å². The lowest BCUT2D eigenvalue weighted by molar-refractivity contribution is -0.124. The van der Waals surface area contributed by atoms with Gasteiger partial charge in [0.1, 0.15) is 17.6 Å². The van der Waals surface area contributed by atoms with Gasteiger partial charge in [0, 0.05) is 4.88 Å². The van der Waals surface area contributed by atoms with Crippen molar-refractivity contribution in [3.63, 3.8) is 0 Å². The molecule has 27 heavy (non-hydrogen) atoms. The Morgan fingerprint density at radius 2 is 2.00 bits per heavy atom. The lowest BCUT2D eigenvalue weighted by atomic mass is 9.99. The predicted octanol–water partition coefficient (Wildman–Crippen LogP) is 2.74. The fraction of sp³-hybridized carbons (Fsp3) is 0.400. The summed E-state index contributed by atoms with van der Waals surface area (Å²) in [6.45, 7) is 0.349. The van der Waals surface area contributed by atoms with Gasteiger partial charge in [0.2, 0.25) is 0 Å². The van der Waals surface area contributed by atoms with Crippen LogP contribution in [0.4, 0.5) is 0 Å². The number of benzene rings is 1. The molecule has 2 aromatic rings. The van der Waals surface area contributed by atoms with E-state index in [0.717, 1.165) is 19.3 Å². The molecule has 1 aliphatic heterocycles. The second-order valence-electron chi connectivity index (χ2n) is 6.64. The van der Waals surface area contributed by atoms with E-state index < -0.39 is 5.97 Å². The Bertz CT molecular complexity index is 823. The zero-order valence-corrected chi connectivity index (χ0v) is 15.7. The molecule has 0 radical (unpaired) electrons. The van der Waals surface area contributed by atoms with Crippen LogP contribution in [-0.2, 0) is 22.4 Å². The number of hydrogen-bond acceptors (Lipinski definition) is 6. The van der Waals surface area contributed by atoms with E-state index in [4.69, 9.17) is 14.2 Å². The Balaban J connectivity index is 1.22. The van der Waals surface area contributed by atoms with E-state index in [2.05, 4.69) is 5.32 Å². The monoisotopic (exact) mass is 387 g/mol. The minimum atomic E-state index is -0.435. The normalized spacial score (nSPS) is 17.7. The maximum atomic E-state index is 12.2. The average Bonchev–Trinajstić information content (AvgIpc) is 3.14. The first-order chi connectivity index (χ1) is 13.2. The molecule has 0 saturated carbocycles. The smallest absolute Gasteiger partial charge is 0.348 e. The predicted molar refractivity (Wildman–Crippen MR) is 101 cm³/mol. The Morgan fingerprint density at radius 1 is 1.19 bits per heavy atom. The van der Waals surface area contributed by atoms with Crippen LogP contribution < -0.4 is 14.8 Å². The van der Waals surface area contributed by atoms with Gasteiger partial charge in [-0.1, -0.05) is 12.1 Å². The van der Waals surface area contributed by atoms with Crippen molar-refractivity contribution in [2.75, 3.05) is 19.8 Å². The Morgan fingerprint density at radius 3 is 2.85 bits per heavy atom. The van der Waals surface area contributed by atoms with E-state index in [1.165, 1.54) is 28.2 Å². The van der Waals surface area contributed by atoms with Crippen molar-refractivity contribution in [2.45, 2.75) is 31.8 Å². The summed E-state index contributed by atoms with van der Waals surface area (Å²) in [7, 11) is 0. The standard InChI is InChI=1S/C20H21NO5S/c22-19(21-10-14-11-24-15-6-2-3-7-16(15)26-14)12-25-20(23)18-9-13-5-1-4-8-17(13)27-18/h2-3,6-7,9,14H,1,4-5,8,10-12H2,(H,21,22)/t14-/m0/s1. The summed E-state index contributed by atoms with van der Waals surface area (Å²) < 4.78 is 16.5. The van der Waals surface area contributed by atoms with Gasteiger partial charge in [-0.3, -0.25) is 4.79 Å². The molecule has 1 N–H and O–H groups in total. The highest BCUT2D eigenvalue weighted by Crippen LogP contribution is 2.31. The van der Waals surface area contributed by atoms with Gasteiger partial charge < -0.3 is 19.5 Å². The molecule has 2 aliphatic rings. The second-order valence-corrected chi connectivity index (χ2v) is 7.78. The van der Waals surface area contributed by atoms with Crippen molar-refractivity contribution in [2.24, 2.45) is 0 Å². The summed E-state index contributed by atoms with van der Waals surface area (Å²) in [6, 6.07) is 9.31. The van der Waals surface area contributed by atoms with Gasteiger partial charge in [-0.05, 0) is 49.4 Å². The third kappa shape index (κ3) is 4.24. The molecule has 1 aromatic carbocycles. The largest absolute Gasteiger partial charge is 0.486 e. The fourth-order valence-corrected chi connectivity index (χ4v) is 4.38. The second kappa shape index (κ2) is 8.00. The number of para-hydroxylation sites is 2. The number of ether oxygens (including phenoxy) is 3. The van der Waals surface area contributed by atoms with E-state index in [9.17, 15) is 9.59 Å². The number of fused-ring (bicyclic) bond motifs is 2. The summed E-state index contributed by atoms with van der Waals surface area (Å²) in [5.41, 5.74) is 1.25. The van der Waals surface area contributed by atoms with Gasteiger partial charge in [0.05, 0.1) is 6.54 Å². The zero-order chi connectivity index (χ0) is 18.6. The van der Waals surface area contributed by atoms with Gasteiger partial charge in [-0.15, -0.1) is 11.3 Å². The van der Waals surface area contributed by atoms with Gasteiger partial charge in [0.25, 0.3) is 5.91 Å². The van der Waals surface area contributed by atoms with E-state index in [1.54, 1.807) is 0 Å². The molecule has 0 bridgehead atoms. The molecule has 7 heteroatoms. The molecule has 1 atom stereocenters. The number of carbonyl (C=O) groups is 2. The van der Waals surface area contributed by atoms with Crippen LogP contribution in [0.15, 0.2) is 30.3 Å². The molecule has 2 heterocycles. The highest BCUT2D eigenvalue weighted by atomic mass is 32.1. The summed E-state index contributed by atoms with van der Waals surface area (Å²) in [6.07, 6.45) is 4.11. The van der Waals surface area contributed by atoms with Crippen LogP contribution in [0.25, 0.3) is 0 Å². The van der Waals surface area contributed by atoms with Crippen molar-refractivity contribution in [3.8, 4) is 11.5 Å². The van der Waals surface area contributed by atoms with Crippen molar-refractivity contribution in [1.82, 2.24) is 5.32 Å². The molecule has 0 fully saturated rings. The summed E-state index contributed by atoms with van der Waals surface area (Å²) in [5, 5.41) is 2.72. The number of amides is 1. The minimum Gasteiger partial charge on any atom is -0.486 e. The number of thiophene rings is 1. The number of hydrogen-bond donors (Lipinski definition) is 1. The summed E-state index contributed by atoms with van der Waals surface area (Å²) in [5.74, 6) is 0.576. The maximum absolute atomic E-state index is 12.2. The molecule has 6 nitrogen and oxygen atoms in total. The summed E-state index contributed by atoms with van der Waals surface area (Å²) >= 11 is 1.48. The lowest BCUT2D eigenvalue weighted by Gasteiger charge is -2.26. The minimum absolute atomic E-state index is 0.274. The Kier molecular flexibility index (Phi) is 5.29. The van der Waals surface area contributed by atoms with Crippen LogP contribution in [0.3, 0.4) is 0 Å². The van der Waals surface area contributed by atoms with Crippen LogP contribution in [0.1, 0.15) is 33.0 Å². The molecule has 0 spiro atoms.